The fraction of sp³-hybridized carbons (Fsp3) is 0.211. The highest BCUT2D eigenvalue weighted by molar-refractivity contribution is 7.12. The van der Waals surface area contributed by atoms with Gasteiger partial charge in [0, 0.05) is 50.3 Å². The summed E-state index contributed by atoms with van der Waals surface area (Å²) in [5, 5.41) is 11.4. The summed E-state index contributed by atoms with van der Waals surface area (Å²) >= 11 is 1.25. The van der Waals surface area contributed by atoms with Gasteiger partial charge in [-0.3, -0.25) is 9.36 Å². The molecule has 11 heteroatoms. The third-order valence-corrected chi connectivity index (χ3v) is 5.94. The Hall–Kier alpha value is -3.60. The number of fused-ring (bicyclic) bond motifs is 1. The average molecular weight is 426 g/mol. The third kappa shape index (κ3) is 2.77. The van der Waals surface area contributed by atoms with Gasteiger partial charge in [-0.15, -0.1) is 11.3 Å². The Kier molecular flexibility index (Phi) is 4.13. The van der Waals surface area contributed by atoms with Gasteiger partial charge in [-0.2, -0.15) is 0 Å². The van der Waals surface area contributed by atoms with Crippen LogP contribution in [0.15, 0.2) is 41.0 Å². The van der Waals surface area contributed by atoms with Crippen LogP contribution in [0.5, 0.6) is 0 Å². The van der Waals surface area contributed by atoms with E-state index in [2.05, 4.69) is 15.0 Å². The normalized spacial score (nSPS) is 14.3. The number of rotatable bonds is 4. The van der Waals surface area contributed by atoms with Crippen molar-refractivity contribution in [3.05, 3.63) is 63.7 Å². The van der Waals surface area contributed by atoms with Crippen LogP contribution in [0.2, 0.25) is 0 Å². The van der Waals surface area contributed by atoms with Gasteiger partial charge in [0.05, 0.1) is 11.3 Å². The number of pyridine rings is 2. The minimum Gasteiger partial charge on any atom is -0.477 e. The first-order chi connectivity index (χ1) is 14.4. The second-order valence-corrected chi connectivity index (χ2v) is 7.90. The number of nitrogens with zero attached hydrogens (tertiary/aromatic N) is 6. The molecular weight excluding hydrogens is 411 g/mol. The summed E-state index contributed by atoms with van der Waals surface area (Å²) in [6.45, 7) is 1.07. The number of imidazole rings is 1. The van der Waals surface area contributed by atoms with E-state index in [1.54, 1.807) is 22.7 Å². The predicted molar refractivity (Wildman–Crippen MR) is 108 cm³/mol. The van der Waals surface area contributed by atoms with E-state index in [9.17, 15) is 19.1 Å². The molecule has 0 saturated carbocycles. The van der Waals surface area contributed by atoms with Crippen LogP contribution in [-0.4, -0.2) is 48.3 Å². The summed E-state index contributed by atoms with van der Waals surface area (Å²) in [5.74, 6) is -0.889. The quantitative estimate of drug-likeness (QED) is 0.532. The first kappa shape index (κ1) is 18.4. The summed E-state index contributed by atoms with van der Waals surface area (Å²) in [6.07, 6.45) is 6.33. The molecule has 0 bridgehead atoms. The molecule has 9 nitrogen and oxygen atoms in total. The molecule has 5 heterocycles. The smallest absolute Gasteiger partial charge is 0.341 e. The van der Waals surface area contributed by atoms with Crippen molar-refractivity contribution >= 4 is 34.2 Å². The zero-order chi connectivity index (χ0) is 21.0. The van der Waals surface area contributed by atoms with Crippen molar-refractivity contribution in [2.45, 2.75) is 5.92 Å². The fourth-order valence-corrected chi connectivity index (χ4v) is 4.27. The van der Waals surface area contributed by atoms with Gasteiger partial charge >= 0.3 is 5.97 Å². The number of aryl methyl sites for hydroxylation is 1. The summed E-state index contributed by atoms with van der Waals surface area (Å²) in [7, 11) is 1.91. The molecule has 0 aliphatic carbocycles. The molecule has 1 aliphatic rings. The van der Waals surface area contributed by atoms with Crippen LogP contribution >= 0.6 is 11.3 Å². The van der Waals surface area contributed by atoms with Crippen molar-refractivity contribution in [1.82, 2.24) is 24.1 Å². The number of carboxylic acid groups (broad SMARTS) is 1. The summed E-state index contributed by atoms with van der Waals surface area (Å²) < 4.78 is 18.2. The number of carboxylic acids is 1. The topological polar surface area (TPSA) is 106 Å². The Balaban J connectivity index is 1.62. The summed E-state index contributed by atoms with van der Waals surface area (Å²) in [4.78, 5) is 38.8. The predicted octanol–water partition coefficient (Wildman–Crippen LogP) is 2.02. The zero-order valence-electron chi connectivity index (χ0n) is 15.7. The molecule has 4 aromatic rings. The number of hydrogen-bond donors (Lipinski definition) is 1. The number of aromatic nitrogens is 5. The lowest BCUT2D eigenvalue weighted by Crippen LogP contribution is -2.47. The van der Waals surface area contributed by atoms with Crippen molar-refractivity contribution in [1.29, 1.82) is 0 Å². The van der Waals surface area contributed by atoms with E-state index in [1.165, 1.54) is 22.1 Å². The molecule has 0 aromatic carbocycles. The second-order valence-electron chi connectivity index (χ2n) is 7.02. The molecule has 1 saturated heterocycles. The Bertz CT molecular complexity index is 1340. The minimum absolute atomic E-state index is 0.104. The van der Waals surface area contributed by atoms with Crippen LogP contribution in [0.3, 0.4) is 0 Å². The lowest BCUT2D eigenvalue weighted by atomic mass is 9.99. The number of aromatic carboxylic acids is 1. The molecule has 0 amide bonds. The monoisotopic (exact) mass is 426 g/mol. The van der Waals surface area contributed by atoms with E-state index in [0.29, 0.717) is 18.2 Å². The Morgan fingerprint density at radius 3 is 2.73 bits per heavy atom. The van der Waals surface area contributed by atoms with Crippen LogP contribution < -0.4 is 10.3 Å². The standard InChI is InChI=1S/C19H15FN6O3S/c1-24-4-2-21-15(24)10-7-25(8-10)17-13(20)6-11-14(27)12(18(28)29)9-26(16(11)23-17)19-22-3-5-30-19/h2-6,9-10H,7-8H2,1H3,(H,28,29). The maximum Gasteiger partial charge on any atom is 0.341 e. The molecule has 0 atom stereocenters. The average Bonchev–Trinajstić information content (AvgIpc) is 3.34. The van der Waals surface area contributed by atoms with Crippen molar-refractivity contribution in [2.75, 3.05) is 18.0 Å². The van der Waals surface area contributed by atoms with Gasteiger partial charge in [-0.25, -0.2) is 24.1 Å². The van der Waals surface area contributed by atoms with Gasteiger partial charge < -0.3 is 14.6 Å². The van der Waals surface area contributed by atoms with E-state index in [0.717, 1.165) is 11.9 Å². The zero-order valence-corrected chi connectivity index (χ0v) is 16.5. The van der Waals surface area contributed by atoms with Gasteiger partial charge in [0.25, 0.3) is 0 Å². The number of carbonyl (C=O) groups is 1. The molecule has 4 aromatic heterocycles. The van der Waals surface area contributed by atoms with Crippen LogP contribution in [0, 0.1) is 5.82 Å². The fourth-order valence-electron chi connectivity index (χ4n) is 3.65. The molecule has 30 heavy (non-hydrogen) atoms. The molecule has 1 fully saturated rings. The van der Waals surface area contributed by atoms with Crippen LogP contribution in [0.1, 0.15) is 22.1 Å². The summed E-state index contributed by atoms with van der Waals surface area (Å²) in [5.41, 5.74) is -1.08. The van der Waals surface area contributed by atoms with Crippen molar-refractivity contribution < 1.29 is 14.3 Å². The molecule has 0 spiro atoms. The van der Waals surface area contributed by atoms with E-state index in [-0.39, 0.29) is 22.8 Å². The van der Waals surface area contributed by atoms with Crippen molar-refractivity contribution in [3.8, 4) is 5.13 Å². The second kappa shape index (κ2) is 6.73. The summed E-state index contributed by atoms with van der Waals surface area (Å²) in [6, 6.07) is 1.06. The van der Waals surface area contributed by atoms with Gasteiger partial charge in [-0.05, 0) is 6.07 Å². The highest BCUT2D eigenvalue weighted by atomic mass is 32.1. The highest BCUT2D eigenvalue weighted by Gasteiger charge is 2.34. The Labute approximate surface area is 172 Å². The molecule has 0 radical (unpaired) electrons. The van der Waals surface area contributed by atoms with E-state index in [1.807, 2.05) is 17.8 Å². The minimum atomic E-state index is -1.39. The Morgan fingerprint density at radius 2 is 2.10 bits per heavy atom. The Morgan fingerprint density at radius 1 is 1.30 bits per heavy atom. The van der Waals surface area contributed by atoms with Gasteiger partial charge in [-0.1, -0.05) is 0 Å². The molecular formula is C19H15FN6O3S. The first-order valence-electron chi connectivity index (χ1n) is 9.05. The molecule has 1 aliphatic heterocycles. The van der Waals surface area contributed by atoms with E-state index >= 15 is 0 Å². The maximum atomic E-state index is 14.9. The van der Waals surface area contributed by atoms with E-state index in [4.69, 9.17) is 0 Å². The van der Waals surface area contributed by atoms with Crippen LogP contribution in [0.4, 0.5) is 10.2 Å². The maximum absolute atomic E-state index is 14.9. The van der Waals surface area contributed by atoms with Gasteiger partial charge in [0.2, 0.25) is 5.43 Å². The highest BCUT2D eigenvalue weighted by Crippen LogP contribution is 2.32. The van der Waals surface area contributed by atoms with Gasteiger partial charge in [0.15, 0.2) is 22.4 Å². The van der Waals surface area contributed by atoms with Crippen molar-refractivity contribution in [3.63, 3.8) is 0 Å². The molecule has 152 valence electrons. The molecule has 5 rings (SSSR count). The number of hydrogen-bond acceptors (Lipinski definition) is 7. The number of anilines is 1. The molecule has 1 N–H and O–H groups in total. The molecule has 0 unspecified atom stereocenters. The number of halogens is 1. The van der Waals surface area contributed by atoms with Crippen LogP contribution in [0.25, 0.3) is 16.2 Å². The van der Waals surface area contributed by atoms with E-state index < -0.39 is 22.8 Å². The third-order valence-electron chi connectivity index (χ3n) is 5.17. The first-order valence-corrected chi connectivity index (χ1v) is 9.93. The van der Waals surface area contributed by atoms with Crippen LogP contribution in [-0.2, 0) is 7.05 Å². The lowest BCUT2D eigenvalue weighted by Gasteiger charge is -2.39. The lowest BCUT2D eigenvalue weighted by molar-refractivity contribution is 0.0695. The van der Waals surface area contributed by atoms with Crippen molar-refractivity contribution in [2.24, 2.45) is 7.05 Å². The largest absolute Gasteiger partial charge is 0.477 e. The SMILES string of the molecule is Cn1ccnc1C1CN(c2nc3c(cc2F)c(=O)c(C(=O)O)cn3-c2nccs2)C1. The van der Waals surface area contributed by atoms with Gasteiger partial charge in [0.1, 0.15) is 11.4 Å². The number of thiazole rings is 1.